The third-order valence-electron chi connectivity index (χ3n) is 5.29. The Morgan fingerprint density at radius 2 is 2.00 bits per heavy atom. The van der Waals surface area contributed by atoms with Crippen LogP contribution in [0.5, 0.6) is 5.75 Å². The molecule has 0 aliphatic carbocycles. The van der Waals surface area contributed by atoms with Crippen molar-refractivity contribution in [2.24, 2.45) is 4.99 Å². The molecule has 0 unspecified atom stereocenters. The highest BCUT2D eigenvalue weighted by Gasteiger charge is 2.25. The van der Waals surface area contributed by atoms with E-state index in [1.165, 1.54) is 5.56 Å². The Morgan fingerprint density at radius 3 is 2.87 bits per heavy atom. The maximum Gasteiger partial charge on any atom is 0.139 e. The van der Waals surface area contributed by atoms with Gasteiger partial charge in [0.1, 0.15) is 17.9 Å². The van der Waals surface area contributed by atoms with E-state index in [0.29, 0.717) is 6.54 Å². The van der Waals surface area contributed by atoms with E-state index in [1.807, 2.05) is 54.1 Å². The van der Waals surface area contributed by atoms with Gasteiger partial charge in [-0.2, -0.15) is 0 Å². The molecule has 5 rings (SSSR count). The van der Waals surface area contributed by atoms with Gasteiger partial charge in [0.25, 0.3) is 0 Å². The minimum absolute atomic E-state index is 0.703. The maximum atomic E-state index is 5.22. The number of aromatic nitrogens is 2. The van der Waals surface area contributed by atoms with Crippen LogP contribution in [0.1, 0.15) is 16.7 Å². The molecule has 0 radical (unpaired) electrons. The van der Waals surface area contributed by atoms with Crippen LogP contribution in [-0.2, 0) is 6.42 Å². The summed E-state index contributed by atoms with van der Waals surface area (Å²) in [4.78, 5) is 13.6. The Bertz CT molecular complexity index is 1120. The summed E-state index contributed by atoms with van der Waals surface area (Å²) in [6.45, 7) is 1.51. The van der Waals surface area contributed by atoms with E-state index in [1.54, 1.807) is 13.3 Å². The Hall–Kier alpha value is -3.71. The Labute approximate surface area is 175 Å². The zero-order chi connectivity index (χ0) is 20.3. The number of ether oxygens (including phenoxy) is 1. The lowest BCUT2D eigenvalue weighted by Crippen LogP contribution is -2.40. The van der Waals surface area contributed by atoms with Crippen LogP contribution in [0.25, 0.3) is 11.3 Å². The fraction of sp³-hybridized carbons (Fsp3) is 0.174. The van der Waals surface area contributed by atoms with Crippen molar-refractivity contribution in [3.05, 3.63) is 77.7 Å². The molecule has 0 atom stereocenters. The number of pyridine rings is 2. The smallest absolute Gasteiger partial charge is 0.139 e. The van der Waals surface area contributed by atoms with Gasteiger partial charge >= 0.3 is 0 Å². The highest BCUT2D eigenvalue weighted by atomic mass is 16.5. The SMILES string of the molecule is COc1ccc(CCNN2C=NC3=C(C2)c2ccncc2Nc2ncccc23)cc1. The first-order valence-corrected chi connectivity index (χ1v) is 9.89. The molecule has 0 saturated carbocycles. The Kier molecular flexibility index (Phi) is 4.86. The summed E-state index contributed by atoms with van der Waals surface area (Å²) in [5, 5.41) is 5.45. The average Bonchev–Trinajstić information content (AvgIpc) is 2.94. The quantitative estimate of drug-likeness (QED) is 0.685. The van der Waals surface area contributed by atoms with E-state index >= 15 is 0 Å². The second-order valence-electron chi connectivity index (χ2n) is 7.15. The summed E-state index contributed by atoms with van der Waals surface area (Å²) in [6.07, 6.45) is 8.20. The number of rotatable bonds is 5. The largest absolute Gasteiger partial charge is 0.497 e. The number of hydrogen-bond acceptors (Lipinski definition) is 7. The molecule has 2 aliphatic heterocycles. The Balaban J connectivity index is 1.35. The van der Waals surface area contributed by atoms with Crippen LogP contribution in [0, 0.1) is 0 Å². The molecule has 30 heavy (non-hydrogen) atoms. The molecule has 2 N–H and O–H groups in total. The van der Waals surface area contributed by atoms with E-state index in [4.69, 9.17) is 9.73 Å². The first-order chi connectivity index (χ1) is 14.8. The minimum Gasteiger partial charge on any atom is -0.497 e. The van der Waals surface area contributed by atoms with Gasteiger partial charge in [0.2, 0.25) is 0 Å². The van der Waals surface area contributed by atoms with Gasteiger partial charge in [0.15, 0.2) is 0 Å². The molecule has 150 valence electrons. The van der Waals surface area contributed by atoms with Gasteiger partial charge < -0.3 is 10.1 Å². The van der Waals surface area contributed by atoms with Gasteiger partial charge in [-0.25, -0.2) is 15.4 Å². The fourth-order valence-electron chi connectivity index (χ4n) is 3.75. The summed E-state index contributed by atoms with van der Waals surface area (Å²) < 4.78 is 5.22. The first kappa shape index (κ1) is 18.3. The van der Waals surface area contributed by atoms with Crippen molar-refractivity contribution in [2.45, 2.75) is 6.42 Å². The molecule has 0 spiro atoms. The van der Waals surface area contributed by atoms with Crippen LogP contribution in [-0.4, -0.2) is 41.5 Å². The van der Waals surface area contributed by atoms with Gasteiger partial charge in [0, 0.05) is 35.6 Å². The molecule has 0 fully saturated rings. The summed E-state index contributed by atoms with van der Waals surface area (Å²) in [5.41, 5.74) is 9.86. The lowest BCUT2D eigenvalue weighted by atomic mass is 10.0. The molecule has 7 nitrogen and oxygen atoms in total. The molecule has 0 saturated heterocycles. The highest BCUT2D eigenvalue weighted by molar-refractivity contribution is 6.03. The van der Waals surface area contributed by atoms with Gasteiger partial charge in [-0.1, -0.05) is 12.1 Å². The van der Waals surface area contributed by atoms with Gasteiger partial charge in [-0.05, 0) is 42.3 Å². The van der Waals surface area contributed by atoms with E-state index in [9.17, 15) is 0 Å². The van der Waals surface area contributed by atoms with Crippen molar-refractivity contribution < 1.29 is 4.74 Å². The van der Waals surface area contributed by atoms with Gasteiger partial charge in [0.05, 0.1) is 31.2 Å². The highest BCUT2D eigenvalue weighted by Crippen LogP contribution is 2.40. The van der Waals surface area contributed by atoms with Crippen molar-refractivity contribution in [1.29, 1.82) is 0 Å². The summed E-state index contributed by atoms with van der Waals surface area (Å²) >= 11 is 0. The predicted molar refractivity (Wildman–Crippen MR) is 118 cm³/mol. The zero-order valence-corrected chi connectivity index (χ0v) is 16.7. The first-order valence-electron chi connectivity index (χ1n) is 9.89. The molecule has 4 heterocycles. The van der Waals surface area contributed by atoms with Crippen LogP contribution in [0.3, 0.4) is 0 Å². The van der Waals surface area contributed by atoms with Crippen LogP contribution in [0.4, 0.5) is 11.5 Å². The zero-order valence-electron chi connectivity index (χ0n) is 16.7. The summed E-state index contributed by atoms with van der Waals surface area (Å²) in [5.74, 6) is 1.68. The van der Waals surface area contributed by atoms with Crippen LogP contribution < -0.4 is 15.5 Å². The van der Waals surface area contributed by atoms with E-state index in [2.05, 4.69) is 32.8 Å². The third-order valence-corrected chi connectivity index (χ3v) is 5.29. The summed E-state index contributed by atoms with van der Waals surface area (Å²) in [6, 6.07) is 14.2. The monoisotopic (exact) mass is 398 g/mol. The average molecular weight is 398 g/mol. The van der Waals surface area contributed by atoms with E-state index < -0.39 is 0 Å². The van der Waals surface area contributed by atoms with Crippen LogP contribution in [0.2, 0.25) is 0 Å². The maximum absolute atomic E-state index is 5.22. The molecule has 2 aromatic heterocycles. The fourth-order valence-corrected chi connectivity index (χ4v) is 3.75. The molecule has 0 amide bonds. The predicted octanol–water partition coefficient (Wildman–Crippen LogP) is 3.50. The van der Waals surface area contributed by atoms with Crippen molar-refractivity contribution in [1.82, 2.24) is 20.4 Å². The number of methoxy groups -OCH3 is 1. The molecule has 3 aromatic rings. The number of fused-ring (bicyclic) bond motifs is 4. The number of aliphatic imine (C=N–C) groups is 1. The molecule has 7 heteroatoms. The Morgan fingerprint density at radius 1 is 1.10 bits per heavy atom. The second kappa shape index (κ2) is 7.96. The van der Waals surface area contributed by atoms with E-state index in [0.717, 1.165) is 52.6 Å². The number of hydrazine groups is 1. The molecule has 0 bridgehead atoms. The lowest BCUT2D eigenvalue weighted by molar-refractivity contribution is 0.351. The third kappa shape index (κ3) is 3.51. The number of benzene rings is 1. The molecular weight excluding hydrogens is 376 g/mol. The second-order valence-corrected chi connectivity index (χ2v) is 7.15. The standard InChI is InChI=1S/C23H22N6O/c1-30-17-6-4-16(5-7-17)8-12-27-29-14-20-18-9-11-24-13-21(18)28-23-19(3-2-10-25-23)22(20)26-15-29/h2-7,9-11,13,15,27H,8,12,14H2,1H3,(H,25,28). The van der Waals surface area contributed by atoms with E-state index in [-0.39, 0.29) is 0 Å². The van der Waals surface area contributed by atoms with Crippen LogP contribution >= 0.6 is 0 Å². The number of nitrogens with zero attached hydrogens (tertiary/aromatic N) is 4. The normalized spacial score (nSPS) is 14.4. The number of hydrogen-bond donors (Lipinski definition) is 2. The molecule has 1 aromatic carbocycles. The number of anilines is 2. The van der Waals surface area contributed by atoms with Gasteiger partial charge in [-0.15, -0.1) is 0 Å². The van der Waals surface area contributed by atoms with Crippen molar-refractivity contribution in [2.75, 3.05) is 25.5 Å². The van der Waals surface area contributed by atoms with Gasteiger partial charge in [-0.3, -0.25) is 9.99 Å². The van der Waals surface area contributed by atoms with Crippen molar-refractivity contribution in [3.8, 4) is 5.75 Å². The van der Waals surface area contributed by atoms with Crippen molar-refractivity contribution >= 4 is 29.1 Å². The lowest BCUT2D eigenvalue weighted by Gasteiger charge is -2.27. The number of nitrogens with one attached hydrogen (secondary N) is 2. The van der Waals surface area contributed by atoms with Crippen LogP contribution in [0.15, 0.2) is 66.0 Å². The topological polar surface area (TPSA) is 74.7 Å². The summed E-state index contributed by atoms with van der Waals surface area (Å²) in [7, 11) is 1.68. The molecular formula is C23H22N6O. The molecule has 2 aliphatic rings. The minimum atomic E-state index is 0.703. The van der Waals surface area contributed by atoms with Crippen molar-refractivity contribution in [3.63, 3.8) is 0 Å².